The summed E-state index contributed by atoms with van der Waals surface area (Å²) < 4.78 is 2.22. The molecule has 0 saturated heterocycles. The molecular formula is C18H19N. The number of benzene rings is 2. The van der Waals surface area contributed by atoms with Gasteiger partial charge in [-0.15, -0.1) is 0 Å². The molecule has 0 bridgehead atoms. The Hall–Kier alpha value is -2.02. The molecule has 0 amide bonds. The Bertz CT molecular complexity index is 707. The van der Waals surface area contributed by atoms with E-state index < -0.39 is 0 Å². The fraction of sp³-hybridized carbons (Fsp3) is 0.222. The summed E-state index contributed by atoms with van der Waals surface area (Å²) >= 11 is 0. The highest BCUT2D eigenvalue weighted by Crippen LogP contribution is 2.24. The first-order chi connectivity index (χ1) is 9.29. The minimum absolute atomic E-state index is 1.02. The fourth-order valence-corrected chi connectivity index (χ4v) is 2.85. The Morgan fingerprint density at radius 1 is 0.842 bits per heavy atom. The average molecular weight is 249 g/mol. The maximum absolute atomic E-state index is 2.26. The molecule has 1 heteroatoms. The van der Waals surface area contributed by atoms with E-state index in [1.807, 2.05) is 0 Å². The first-order valence-electron chi connectivity index (χ1n) is 6.89. The summed E-state index contributed by atoms with van der Waals surface area (Å²) in [5.41, 5.74) is 5.63. The van der Waals surface area contributed by atoms with Crippen LogP contribution in [0.1, 0.15) is 23.6 Å². The molecular weight excluding hydrogens is 230 g/mol. The van der Waals surface area contributed by atoms with Gasteiger partial charge in [0.25, 0.3) is 0 Å². The number of nitrogens with zero attached hydrogens (tertiary/aromatic N) is 1. The van der Waals surface area contributed by atoms with Crippen LogP contribution in [-0.4, -0.2) is 4.57 Å². The molecule has 96 valence electrons. The van der Waals surface area contributed by atoms with Crippen molar-refractivity contribution in [2.45, 2.75) is 19.8 Å². The van der Waals surface area contributed by atoms with Crippen LogP contribution in [0.25, 0.3) is 10.9 Å². The molecule has 1 heterocycles. The normalized spacial score (nSPS) is 11.1. The van der Waals surface area contributed by atoms with Gasteiger partial charge in [-0.25, -0.2) is 0 Å². The monoisotopic (exact) mass is 249 g/mol. The summed E-state index contributed by atoms with van der Waals surface area (Å²) in [5.74, 6) is 0. The Balaban J connectivity index is 2.06. The zero-order chi connectivity index (χ0) is 13.2. The lowest BCUT2D eigenvalue weighted by molar-refractivity contribution is 0.955. The van der Waals surface area contributed by atoms with Crippen LogP contribution in [-0.2, 0) is 19.9 Å². The number of hydrogen-bond donors (Lipinski definition) is 0. The Labute approximate surface area is 114 Å². The molecule has 3 aromatic rings. The first kappa shape index (κ1) is 12.0. The van der Waals surface area contributed by atoms with Crippen molar-refractivity contribution in [3.8, 4) is 0 Å². The maximum Gasteiger partial charge on any atom is 0.0480 e. The third kappa shape index (κ3) is 2.17. The molecule has 0 fully saturated rings. The highest BCUT2D eigenvalue weighted by atomic mass is 14.9. The molecule has 0 radical (unpaired) electrons. The lowest BCUT2D eigenvalue weighted by Crippen LogP contribution is -1.93. The summed E-state index contributed by atoms with van der Waals surface area (Å²) in [6.07, 6.45) is 4.38. The van der Waals surface area contributed by atoms with E-state index in [0.717, 1.165) is 12.8 Å². The summed E-state index contributed by atoms with van der Waals surface area (Å²) in [6, 6.07) is 17.4. The van der Waals surface area contributed by atoms with Crippen LogP contribution >= 0.6 is 0 Å². The van der Waals surface area contributed by atoms with E-state index >= 15 is 0 Å². The quantitative estimate of drug-likeness (QED) is 0.651. The largest absolute Gasteiger partial charge is 0.350 e. The van der Waals surface area contributed by atoms with Gasteiger partial charge < -0.3 is 4.57 Å². The minimum atomic E-state index is 1.02. The maximum atomic E-state index is 2.26. The molecule has 0 unspecified atom stereocenters. The predicted molar refractivity (Wildman–Crippen MR) is 81.5 cm³/mol. The molecule has 1 aromatic heterocycles. The topological polar surface area (TPSA) is 4.93 Å². The van der Waals surface area contributed by atoms with E-state index in [4.69, 9.17) is 0 Å². The standard InChI is InChI=1S/C18H19N/c1-3-14-8-4-5-9-15(14)12-16-13-19(2)18-11-7-6-10-17(16)18/h4-11,13H,3,12H2,1-2H3. The Morgan fingerprint density at radius 3 is 2.32 bits per heavy atom. The highest BCUT2D eigenvalue weighted by Gasteiger charge is 2.08. The number of aromatic nitrogens is 1. The summed E-state index contributed by atoms with van der Waals surface area (Å²) in [5, 5.41) is 1.37. The Morgan fingerprint density at radius 2 is 1.53 bits per heavy atom. The zero-order valence-corrected chi connectivity index (χ0v) is 11.6. The van der Waals surface area contributed by atoms with Crippen LogP contribution in [0.5, 0.6) is 0 Å². The number of fused-ring (bicyclic) bond motifs is 1. The molecule has 3 rings (SSSR count). The number of aryl methyl sites for hydroxylation is 2. The molecule has 0 atom stereocenters. The number of hydrogen-bond acceptors (Lipinski definition) is 0. The summed E-state index contributed by atoms with van der Waals surface area (Å²) in [4.78, 5) is 0. The minimum Gasteiger partial charge on any atom is -0.350 e. The van der Waals surface area contributed by atoms with E-state index in [0.29, 0.717) is 0 Å². The van der Waals surface area contributed by atoms with Gasteiger partial charge in [-0.1, -0.05) is 49.4 Å². The van der Waals surface area contributed by atoms with Crippen LogP contribution < -0.4 is 0 Å². The third-order valence-electron chi connectivity index (χ3n) is 3.86. The average Bonchev–Trinajstić information content (AvgIpc) is 2.77. The predicted octanol–water partition coefficient (Wildman–Crippen LogP) is 4.33. The van der Waals surface area contributed by atoms with Crippen LogP contribution in [0.15, 0.2) is 54.7 Å². The second-order valence-electron chi connectivity index (χ2n) is 5.08. The Kier molecular flexibility index (Phi) is 3.12. The molecule has 19 heavy (non-hydrogen) atoms. The van der Waals surface area contributed by atoms with E-state index in [-0.39, 0.29) is 0 Å². The molecule has 0 aliphatic heterocycles. The lowest BCUT2D eigenvalue weighted by atomic mass is 9.98. The van der Waals surface area contributed by atoms with Crippen LogP contribution in [0, 0.1) is 0 Å². The van der Waals surface area contributed by atoms with Crippen LogP contribution in [0.2, 0.25) is 0 Å². The zero-order valence-electron chi connectivity index (χ0n) is 11.6. The van der Waals surface area contributed by atoms with Gasteiger partial charge >= 0.3 is 0 Å². The van der Waals surface area contributed by atoms with Gasteiger partial charge in [0.1, 0.15) is 0 Å². The van der Waals surface area contributed by atoms with Crippen LogP contribution in [0.3, 0.4) is 0 Å². The molecule has 0 aliphatic carbocycles. The fourth-order valence-electron chi connectivity index (χ4n) is 2.85. The van der Waals surface area contributed by atoms with Crippen molar-refractivity contribution in [2.75, 3.05) is 0 Å². The van der Waals surface area contributed by atoms with E-state index in [1.54, 1.807) is 0 Å². The van der Waals surface area contributed by atoms with Gasteiger partial charge in [-0.05, 0) is 35.6 Å². The van der Waals surface area contributed by atoms with Crippen molar-refractivity contribution >= 4 is 10.9 Å². The second kappa shape index (κ2) is 4.93. The van der Waals surface area contributed by atoms with Crippen molar-refractivity contribution in [1.29, 1.82) is 0 Å². The van der Waals surface area contributed by atoms with E-state index in [9.17, 15) is 0 Å². The van der Waals surface area contributed by atoms with Gasteiger partial charge in [-0.2, -0.15) is 0 Å². The van der Waals surface area contributed by atoms with Crippen molar-refractivity contribution in [3.05, 3.63) is 71.4 Å². The lowest BCUT2D eigenvalue weighted by Gasteiger charge is -2.06. The van der Waals surface area contributed by atoms with Gasteiger partial charge in [0.05, 0.1) is 0 Å². The second-order valence-corrected chi connectivity index (χ2v) is 5.08. The van der Waals surface area contributed by atoms with Crippen molar-refractivity contribution in [1.82, 2.24) is 4.57 Å². The highest BCUT2D eigenvalue weighted by molar-refractivity contribution is 5.84. The molecule has 0 saturated carbocycles. The van der Waals surface area contributed by atoms with E-state index in [2.05, 4.69) is 73.3 Å². The molecule has 1 nitrogen and oxygen atoms in total. The van der Waals surface area contributed by atoms with Crippen molar-refractivity contribution < 1.29 is 0 Å². The molecule has 0 aliphatic rings. The first-order valence-corrected chi connectivity index (χ1v) is 6.89. The summed E-state index contributed by atoms with van der Waals surface area (Å²) in [6.45, 7) is 2.22. The van der Waals surface area contributed by atoms with Gasteiger partial charge in [-0.3, -0.25) is 0 Å². The van der Waals surface area contributed by atoms with E-state index in [1.165, 1.54) is 27.6 Å². The number of para-hydroxylation sites is 1. The molecule has 0 spiro atoms. The number of rotatable bonds is 3. The summed E-state index contributed by atoms with van der Waals surface area (Å²) in [7, 11) is 2.12. The van der Waals surface area contributed by atoms with Crippen molar-refractivity contribution in [2.24, 2.45) is 7.05 Å². The van der Waals surface area contributed by atoms with Gasteiger partial charge in [0.2, 0.25) is 0 Å². The molecule has 0 N–H and O–H groups in total. The molecule has 2 aromatic carbocycles. The van der Waals surface area contributed by atoms with Crippen molar-refractivity contribution in [3.63, 3.8) is 0 Å². The third-order valence-corrected chi connectivity index (χ3v) is 3.86. The smallest absolute Gasteiger partial charge is 0.0480 e. The van der Waals surface area contributed by atoms with Gasteiger partial charge in [0.15, 0.2) is 0 Å². The van der Waals surface area contributed by atoms with Gasteiger partial charge in [0, 0.05) is 24.1 Å². The van der Waals surface area contributed by atoms with Crippen LogP contribution in [0.4, 0.5) is 0 Å². The SMILES string of the molecule is CCc1ccccc1Cc1cn(C)c2ccccc12.